The first kappa shape index (κ1) is 14.3. The summed E-state index contributed by atoms with van der Waals surface area (Å²) in [6.45, 7) is 0. The lowest BCUT2D eigenvalue weighted by Crippen LogP contribution is -2.32. The SMILES string of the molecule is N[C@H](Cc1ccc([N+](=O)[O-])c(O)c1[N+](=O)[O-])C(=O)O. The maximum atomic E-state index is 10.8. The Morgan fingerprint density at radius 1 is 1.32 bits per heavy atom. The van der Waals surface area contributed by atoms with Crippen LogP contribution in [0.1, 0.15) is 5.56 Å². The van der Waals surface area contributed by atoms with Crippen LogP contribution >= 0.6 is 0 Å². The Balaban J connectivity index is 3.34. The number of rotatable bonds is 5. The lowest BCUT2D eigenvalue weighted by atomic mass is 10.0. The van der Waals surface area contributed by atoms with Crippen molar-refractivity contribution in [1.82, 2.24) is 0 Å². The van der Waals surface area contributed by atoms with Crippen LogP contribution in [0.5, 0.6) is 5.75 Å². The van der Waals surface area contributed by atoms with Crippen molar-refractivity contribution in [3.05, 3.63) is 37.9 Å². The number of nitrogens with zero attached hydrogens (tertiary/aromatic N) is 2. The zero-order chi connectivity index (χ0) is 14.7. The van der Waals surface area contributed by atoms with Crippen LogP contribution < -0.4 is 5.73 Å². The number of carboxylic acid groups (broad SMARTS) is 1. The van der Waals surface area contributed by atoms with Crippen LogP contribution in [-0.2, 0) is 11.2 Å². The number of hydrogen-bond acceptors (Lipinski definition) is 7. The van der Waals surface area contributed by atoms with Crippen molar-refractivity contribution in [2.75, 3.05) is 0 Å². The smallest absolute Gasteiger partial charge is 0.321 e. The summed E-state index contributed by atoms with van der Waals surface area (Å²) in [7, 11) is 0. The molecule has 1 aromatic carbocycles. The molecule has 0 aromatic heterocycles. The largest absolute Gasteiger partial charge is 0.497 e. The normalized spacial score (nSPS) is 11.8. The molecule has 0 aliphatic carbocycles. The van der Waals surface area contributed by atoms with Gasteiger partial charge in [0, 0.05) is 18.1 Å². The van der Waals surface area contributed by atoms with E-state index in [0.29, 0.717) is 0 Å². The molecule has 0 aliphatic heterocycles. The molecular weight excluding hydrogens is 262 g/mol. The first-order valence-corrected chi connectivity index (χ1v) is 4.87. The van der Waals surface area contributed by atoms with Gasteiger partial charge in [-0.3, -0.25) is 25.0 Å². The van der Waals surface area contributed by atoms with Gasteiger partial charge in [-0.15, -0.1) is 0 Å². The van der Waals surface area contributed by atoms with E-state index < -0.39 is 45.4 Å². The average molecular weight is 271 g/mol. The Kier molecular flexibility index (Phi) is 3.97. The van der Waals surface area contributed by atoms with Gasteiger partial charge in [0.05, 0.1) is 9.85 Å². The second-order valence-electron chi connectivity index (χ2n) is 3.60. The molecule has 1 atom stereocenters. The van der Waals surface area contributed by atoms with Gasteiger partial charge < -0.3 is 15.9 Å². The quantitative estimate of drug-likeness (QED) is 0.502. The van der Waals surface area contributed by atoms with Crippen LogP contribution in [0.15, 0.2) is 12.1 Å². The first-order valence-electron chi connectivity index (χ1n) is 4.87. The zero-order valence-corrected chi connectivity index (χ0v) is 9.35. The molecule has 0 spiro atoms. The average Bonchev–Trinajstić information content (AvgIpc) is 2.27. The fourth-order valence-corrected chi connectivity index (χ4v) is 1.45. The highest BCUT2D eigenvalue weighted by atomic mass is 16.6. The first-order chi connectivity index (χ1) is 8.75. The molecule has 1 aromatic rings. The summed E-state index contributed by atoms with van der Waals surface area (Å²) in [4.78, 5) is 29.9. The molecule has 4 N–H and O–H groups in total. The van der Waals surface area contributed by atoms with Crippen molar-refractivity contribution < 1.29 is 24.9 Å². The van der Waals surface area contributed by atoms with E-state index in [4.69, 9.17) is 10.8 Å². The highest BCUT2D eigenvalue weighted by molar-refractivity contribution is 5.74. The molecule has 10 nitrogen and oxygen atoms in total. The van der Waals surface area contributed by atoms with E-state index in [0.717, 1.165) is 12.1 Å². The van der Waals surface area contributed by atoms with Crippen molar-refractivity contribution in [2.24, 2.45) is 5.73 Å². The van der Waals surface area contributed by atoms with Gasteiger partial charge in [0.2, 0.25) is 0 Å². The Bertz CT molecular complexity index is 557. The standard InChI is InChI=1S/C9H9N3O7/c10-5(9(14)15)3-4-1-2-6(11(16)17)8(13)7(4)12(18)19/h1-2,5,13H,3,10H2,(H,14,15)/t5-/m1/s1. The number of carboxylic acids is 1. The van der Waals surface area contributed by atoms with Gasteiger partial charge in [0.25, 0.3) is 5.75 Å². The number of phenolic OH excluding ortho intramolecular Hbond substituents is 1. The molecule has 0 saturated heterocycles. The summed E-state index contributed by atoms with van der Waals surface area (Å²) in [5.41, 5.74) is 3.29. The van der Waals surface area contributed by atoms with Crippen LogP contribution in [0.25, 0.3) is 0 Å². The minimum atomic E-state index is -1.42. The Labute approximate surface area is 105 Å². The van der Waals surface area contributed by atoms with E-state index in [1.165, 1.54) is 0 Å². The van der Waals surface area contributed by atoms with Crippen LogP contribution in [0.3, 0.4) is 0 Å². The summed E-state index contributed by atoms with van der Waals surface area (Å²) < 4.78 is 0. The van der Waals surface area contributed by atoms with E-state index in [-0.39, 0.29) is 5.56 Å². The Hall–Kier alpha value is -2.75. The summed E-state index contributed by atoms with van der Waals surface area (Å²) in [5.74, 6) is -2.50. The molecule has 1 rings (SSSR count). The van der Waals surface area contributed by atoms with Crippen LogP contribution in [0.2, 0.25) is 0 Å². The maximum absolute atomic E-state index is 10.8. The molecule has 0 heterocycles. The molecule has 0 amide bonds. The third kappa shape index (κ3) is 2.93. The van der Waals surface area contributed by atoms with Crippen molar-refractivity contribution in [2.45, 2.75) is 12.5 Å². The Morgan fingerprint density at radius 2 is 1.89 bits per heavy atom. The third-order valence-corrected chi connectivity index (χ3v) is 2.35. The second-order valence-corrected chi connectivity index (χ2v) is 3.60. The molecule has 0 unspecified atom stereocenters. The highest BCUT2D eigenvalue weighted by Gasteiger charge is 2.30. The van der Waals surface area contributed by atoms with Crippen molar-refractivity contribution in [3.63, 3.8) is 0 Å². The predicted molar refractivity (Wildman–Crippen MR) is 60.7 cm³/mol. The molecule has 19 heavy (non-hydrogen) atoms. The predicted octanol–water partition coefficient (Wildman–Crippen LogP) is 0.163. The van der Waals surface area contributed by atoms with Gasteiger partial charge in [0.1, 0.15) is 6.04 Å². The van der Waals surface area contributed by atoms with E-state index >= 15 is 0 Å². The second kappa shape index (κ2) is 5.27. The number of phenols is 1. The molecule has 0 saturated carbocycles. The number of nitro benzene ring substituents is 2. The number of hydrogen-bond donors (Lipinski definition) is 3. The van der Waals surface area contributed by atoms with Gasteiger partial charge in [-0.2, -0.15) is 0 Å². The molecule has 0 bridgehead atoms. The molecular formula is C9H9N3O7. The van der Waals surface area contributed by atoms with Gasteiger partial charge >= 0.3 is 17.3 Å². The number of nitro groups is 2. The maximum Gasteiger partial charge on any atom is 0.321 e. The number of carbonyl (C=O) groups is 1. The zero-order valence-electron chi connectivity index (χ0n) is 9.35. The topological polar surface area (TPSA) is 170 Å². The lowest BCUT2D eigenvalue weighted by Gasteiger charge is -2.08. The summed E-state index contributed by atoms with van der Waals surface area (Å²) in [6.07, 6.45) is -0.433. The van der Waals surface area contributed by atoms with Crippen LogP contribution in [-0.4, -0.2) is 32.1 Å². The fraction of sp³-hybridized carbons (Fsp3) is 0.222. The molecule has 0 fully saturated rings. The van der Waals surface area contributed by atoms with Crippen LogP contribution in [0, 0.1) is 20.2 Å². The van der Waals surface area contributed by atoms with E-state index in [2.05, 4.69) is 0 Å². The fourth-order valence-electron chi connectivity index (χ4n) is 1.45. The molecule has 0 aliphatic rings. The lowest BCUT2D eigenvalue weighted by molar-refractivity contribution is -0.396. The van der Waals surface area contributed by atoms with Gasteiger partial charge in [-0.1, -0.05) is 0 Å². The number of benzene rings is 1. The minimum Gasteiger partial charge on any atom is -0.497 e. The number of aromatic hydroxyl groups is 1. The van der Waals surface area contributed by atoms with Crippen molar-refractivity contribution >= 4 is 17.3 Å². The number of aliphatic carboxylic acids is 1. The molecule has 0 radical (unpaired) electrons. The van der Waals surface area contributed by atoms with Gasteiger partial charge in [-0.25, -0.2) is 0 Å². The van der Waals surface area contributed by atoms with Crippen molar-refractivity contribution in [1.29, 1.82) is 0 Å². The minimum absolute atomic E-state index is 0.192. The van der Waals surface area contributed by atoms with Crippen molar-refractivity contribution in [3.8, 4) is 5.75 Å². The summed E-state index contributed by atoms with van der Waals surface area (Å²) in [6, 6.07) is 0.435. The third-order valence-electron chi connectivity index (χ3n) is 2.35. The van der Waals surface area contributed by atoms with Gasteiger partial charge in [0.15, 0.2) is 0 Å². The van der Waals surface area contributed by atoms with Crippen LogP contribution in [0.4, 0.5) is 11.4 Å². The summed E-state index contributed by atoms with van der Waals surface area (Å²) in [5, 5.41) is 39.5. The van der Waals surface area contributed by atoms with E-state index in [1.54, 1.807) is 0 Å². The van der Waals surface area contributed by atoms with E-state index in [9.17, 15) is 30.1 Å². The monoisotopic (exact) mass is 271 g/mol. The van der Waals surface area contributed by atoms with E-state index in [1.807, 2.05) is 0 Å². The highest BCUT2D eigenvalue weighted by Crippen LogP contribution is 2.38. The number of nitrogens with two attached hydrogens (primary N) is 1. The Morgan fingerprint density at radius 3 is 2.32 bits per heavy atom. The molecule has 10 heteroatoms. The van der Waals surface area contributed by atoms with Gasteiger partial charge in [-0.05, 0) is 6.07 Å². The summed E-state index contributed by atoms with van der Waals surface area (Å²) >= 11 is 0. The molecule has 102 valence electrons.